The Hall–Kier alpha value is -1.03. The van der Waals surface area contributed by atoms with Crippen LogP contribution in [0.15, 0.2) is 22.7 Å². The van der Waals surface area contributed by atoms with Crippen molar-refractivity contribution < 1.29 is 9.90 Å². The zero-order valence-electron chi connectivity index (χ0n) is 9.98. The highest BCUT2D eigenvalue weighted by Gasteiger charge is 2.29. The molecule has 1 saturated heterocycles. The lowest BCUT2D eigenvalue weighted by atomic mass is 10.0. The van der Waals surface area contributed by atoms with E-state index in [1.54, 1.807) is 6.07 Å². The van der Waals surface area contributed by atoms with Crippen molar-refractivity contribution in [2.75, 3.05) is 18.0 Å². The Balaban J connectivity index is 2.39. The van der Waals surface area contributed by atoms with Crippen LogP contribution < -0.4 is 4.90 Å². The molecule has 1 aliphatic heterocycles. The number of halogens is 1. The van der Waals surface area contributed by atoms with Crippen molar-refractivity contribution in [1.29, 1.82) is 0 Å². The molecular weight excluding hydrogens is 282 g/mol. The van der Waals surface area contributed by atoms with E-state index in [0.717, 1.165) is 18.8 Å². The van der Waals surface area contributed by atoms with Gasteiger partial charge in [0.05, 0.1) is 11.3 Å². The Morgan fingerprint density at radius 1 is 1.35 bits per heavy atom. The SMILES string of the molecule is CC1CN(c2cccc(Br)c2C(=O)O)CC1C. The molecule has 0 amide bonds. The van der Waals surface area contributed by atoms with Crippen molar-refractivity contribution in [2.45, 2.75) is 13.8 Å². The van der Waals surface area contributed by atoms with Crippen molar-refractivity contribution in [1.82, 2.24) is 0 Å². The van der Waals surface area contributed by atoms with Crippen LogP contribution in [0.3, 0.4) is 0 Å². The van der Waals surface area contributed by atoms with Gasteiger partial charge in [-0.25, -0.2) is 4.79 Å². The molecule has 0 aliphatic carbocycles. The minimum absolute atomic E-state index is 0.369. The standard InChI is InChI=1S/C13H16BrNO2/c1-8-6-15(7-9(8)2)11-5-3-4-10(14)12(11)13(16)17/h3-5,8-9H,6-7H2,1-2H3,(H,16,17). The van der Waals surface area contributed by atoms with Gasteiger partial charge in [0, 0.05) is 17.6 Å². The number of anilines is 1. The molecule has 4 heteroatoms. The molecule has 1 aliphatic rings. The number of carboxylic acid groups (broad SMARTS) is 1. The third-order valence-corrected chi connectivity index (χ3v) is 4.20. The third kappa shape index (κ3) is 2.32. The number of nitrogens with zero attached hydrogens (tertiary/aromatic N) is 1. The van der Waals surface area contributed by atoms with Crippen LogP contribution in [0.4, 0.5) is 5.69 Å². The van der Waals surface area contributed by atoms with E-state index in [1.807, 2.05) is 12.1 Å². The molecule has 0 spiro atoms. The summed E-state index contributed by atoms with van der Waals surface area (Å²) in [5.41, 5.74) is 1.19. The van der Waals surface area contributed by atoms with Gasteiger partial charge in [0.15, 0.2) is 0 Å². The van der Waals surface area contributed by atoms with Gasteiger partial charge in [-0.3, -0.25) is 0 Å². The van der Waals surface area contributed by atoms with Crippen molar-refractivity contribution in [3.8, 4) is 0 Å². The molecule has 1 aromatic carbocycles. The third-order valence-electron chi connectivity index (χ3n) is 3.53. The summed E-state index contributed by atoms with van der Waals surface area (Å²) in [4.78, 5) is 13.5. The Kier molecular flexibility index (Phi) is 3.43. The highest BCUT2D eigenvalue weighted by molar-refractivity contribution is 9.10. The van der Waals surface area contributed by atoms with E-state index in [4.69, 9.17) is 0 Å². The van der Waals surface area contributed by atoms with E-state index in [-0.39, 0.29) is 0 Å². The van der Waals surface area contributed by atoms with E-state index in [0.29, 0.717) is 21.9 Å². The van der Waals surface area contributed by atoms with E-state index < -0.39 is 5.97 Å². The molecule has 1 heterocycles. The molecule has 92 valence electrons. The number of carbonyl (C=O) groups is 1. The zero-order valence-corrected chi connectivity index (χ0v) is 11.6. The predicted octanol–water partition coefficient (Wildman–Crippen LogP) is 3.24. The van der Waals surface area contributed by atoms with E-state index >= 15 is 0 Å². The summed E-state index contributed by atoms with van der Waals surface area (Å²) in [6, 6.07) is 5.55. The smallest absolute Gasteiger partial charge is 0.338 e. The van der Waals surface area contributed by atoms with Crippen LogP contribution >= 0.6 is 15.9 Å². The zero-order chi connectivity index (χ0) is 12.6. The molecular formula is C13H16BrNO2. The number of benzene rings is 1. The average molecular weight is 298 g/mol. The van der Waals surface area contributed by atoms with Gasteiger partial charge in [0.25, 0.3) is 0 Å². The first-order valence-electron chi connectivity index (χ1n) is 5.77. The fourth-order valence-electron chi connectivity index (χ4n) is 2.31. The number of carboxylic acids is 1. The van der Waals surface area contributed by atoms with Gasteiger partial charge < -0.3 is 10.0 Å². The van der Waals surface area contributed by atoms with Crippen LogP contribution in [-0.2, 0) is 0 Å². The van der Waals surface area contributed by atoms with E-state index in [2.05, 4.69) is 34.7 Å². The molecule has 2 unspecified atom stereocenters. The van der Waals surface area contributed by atoms with Crippen LogP contribution in [0.1, 0.15) is 24.2 Å². The number of aromatic carboxylic acids is 1. The van der Waals surface area contributed by atoms with Gasteiger partial charge in [-0.15, -0.1) is 0 Å². The quantitative estimate of drug-likeness (QED) is 0.911. The van der Waals surface area contributed by atoms with E-state index in [1.165, 1.54) is 0 Å². The molecule has 2 rings (SSSR count). The van der Waals surface area contributed by atoms with Crippen molar-refractivity contribution >= 4 is 27.6 Å². The molecule has 1 fully saturated rings. The van der Waals surface area contributed by atoms with Gasteiger partial charge in [0.2, 0.25) is 0 Å². The van der Waals surface area contributed by atoms with Gasteiger partial charge >= 0.3 is 5.97 Å². The maximum Gasteiger partial charge on any atom is 0.338 e. The molecule has 0 aromatic heterocycles. The largest absolute Gasteiger partial charge is 0.478 e. The van der Waals surface area contributed by atoms with Crippen LogP contribution in [-0.4, -0.2) is 24.2 Å². The maximum absolute atomic E-state index is 11.3. The van der Waals surface area contributed by atoms with Crippen molar-refractivity contribution in [3.63, 3.8) is 0 Å². The first kappa shape index (κ1) is 12.4. The summed E-state index contributed by atoms with van der Waals surface area (Å²) in [5.74, 6) is 0.339. The van der Waals surface area contributed by atoms with Crippen LogP contribution in [0.2, 0.25) is 0 Å². The first-order chi connectivity index (χ1) is 8.00. The fraction of sp³-hybridized carbons (Fsp3) is 0.462. The highest BCUT2D eigenvalue weighted by Crippen LogP contribution is 2.33. The van der Waals surface area contributed by atoms with Gasteiger partial charge in [-0.1, -0.05) is 19.9 Å². The fourth-order valence-corrected chi connectivity index (χ4v) is 2.84. The average Bonchev–Trinajstić information content (AvgIpc) is 2.58. The first-order valence-corrected chi connectivity index (χ1v) is 6.56. The Morgan fingerprint density at radius 3 is 2.47 bits per heavy atom. The number of rotatable bonds is 2. The topological polar surface area (TPSA) is 40.5 Å². The minimum Gasteiger partial charge on any atom is -0.478 e. The Morgan fingerprint density at radius 2 is 1.94 bits per heavy atom. The number of hydrogen-bond donors (Lipinski definition) is 1. The van der Waals surface area contributed by atoms with E-state index in [9.17, 15) is 9.90 Å². The highest BCUT2D eigenvalue weighted by atomic mass is 79.9. The molecule has 0 radical (unpaired) electrons. The van der Waals surface area contributed by atoms with Crippen LogP contribution in [0, 0.1) is 11.8 Å². The normalized spacial score (nSPS) is 24.1. The molecule has 17 heavy (non-hydrogen) atoms. The van der Waals surface area contributed by atoms with Gasteiger partial charge in [-0.2, -0.15) is 0 Å². The monoisotopic (exact) mass is 297 g/mol. The second-order valence-corrected chi connectivity index (χ2v) is 5.65. The summed E-state index contributed by atoms with van der Waals surface area (Å²) < 4.78 is 0.648. The van der Waals surface area contributed by atoms with Crippen molar-refractivity contribution in [3.05, 3.63) is 28.2 Å². The van der Waals surface area contributed by atoms with Crippen molar-refractivity contribution in [2.24, 2.45) is 11.8 Å². The summed E-state index contributed by atoms with van der Waals surface area (Å²) in [6.07, 6.45) is 0. The molecule has 3 nitrogen and oxygen atoms in total. The minimum atomic E-state index is -0.875. The Labute approximate surface area is 110 Å². The lowest BCUT2D eigenvalue weighted by Crippen LogP contribution is -2.22. The van der Waals surface area contributed by atoms with Gasteiger partial charge in [0.1, 0.15) is 0 Å². The molecule has 0 bridgehead atoms. The summed E-state index contributed by atoms with van der Waals surface area (Å²) in [5, 5.41) is 9.28. The summed E-state index contributed by atoms with van der Waals surface area (Å²) >= 11 is 3.32. The lowest BCUT2D eigenvalue weighted by molar-refractivity contribution is 0.0696. The second kappa shape index (κ2) is 4.69. The predicted molar refractivity (Wildman–Crippen MR) is 71.6 cm³/mol. The summed E-state index contributed by atoms with van der Waals surface area (Å²) in [7, 11) is 0. The van der Waals surface area contributed by atoms with Crippen LogP contribution in [0.25, 0.3) is 0 Å². The second-order valence-electron chi connectivity index (χ2n) is 4.80. The lowest BCUT2D eigenvalue weighted by Gasteiger charge is -2.21. The van der Waals surface area contributed by atoms with Gasteiger partial charge in [-0.05, 0) is 39.9 Å². The Bertz CT molecular complexity index is 437. The molecule has 1 N–H and O–H groups in total. The van der Waals surface area contributed by atoms with Crippen LogP contribution in [0.5, 0.6) is 0 Å². The molecule has 1 aromatic rings. The molecule has 2 atom stereocenters. The number of hydrogen-bond acceptors (Lipinski definition) is 2. The summed E-state index contributed by atoms with van der Waals surface area (Å²) in [6.45, 7) is 6.28. The maximum atomic E-state index is 11.3. The molecule has 0 saturated carbocycles.